The molecule has 1 heterocycles. The summed E-state index contributed by atoms with van der Waals surface area (Å²) in [6, 6.07) is 16.9. The quantitative estimate of drug-likeness (QED) is 0.837. The summed E-state index contributed by atoms with van der Waals surface area (Å²) in [4.78, 5) is 0.359. The van der Waals surface area contributed by atoms with Gasteiger partial charge in [0.1, 0.15) is 0 Å². The molecule has 0 bridgehead atoms. The van der Waals surface area contributed by atoms with Gasteiger partial charge in [0, 0.05) is 13.7 Å². The molecule has 0 N–H and O–H groups in total. The Bertz CT molecular complexity index is 789. The number of ether oxygens (including phenoxy) is 1. The van der Waals surface area contributed by atoms with Crippen LogP contribution in [0.1, 0.15) is 17.5 Å². The first-order valence-corrected chi connectivity index (χ1v) is 9.61. The molecule has 5 heteroatoms. The topological polar surface area (TPSA) is 46.6 Å². The van der Waals surface area contributed by atoms with Crippen molar-refractivity contribution in [3.05, 3.63) is 65.7 Å². The zero-order valence-corrected chi connectivity index (χ0v) is 14.9. The molecule has 24 heavy (non-hydrogen) atoms. The molecule has 2 aromatic carbocycles. The summed E-state index contributed by atoms with van der Waals surface area (Å²) >= 11 is 0. The van der Waals surface area contributed by atoms with Crippen LogP contribution in [-0.2, 0) is 21.2 Å². The molecular weight excluding hydrogens is 322 g/mol. The van der Waals surface area contributed by atoms with E-state index in [-0.39, 0.29) is 12.1 Å². The van der Waals surface area contributed by atoms with Crippen molar-refractivity contribution in [3.8, 4) is 0 Å². The molecule has 2 atom stereocenters. The second-order valence-electron chi connectivity index (χ2n) is 6.25. The van der Waals surface area contributed by atoms with Crippen molar-refractivity contribution in [2.45, 2.75) is 36.8 Å². The van der Waals surface area contributed by atoms with E-state index in [2.05, 4.69) is 0 Å². The maximum Gasteiger partial charge on any atom is 0.243 e. The van der Waals surface area contributed by atoms with Gasteiger partial charge in [-0.1, -0.05) is 42.5 Å². The van der Waals surface area contributed by atoms with Crippen LogP contribution in [0.4, 0.5) is 0 Å². The highest BCUT2D eigenvalue weighted by molar-refractivity contribution is 7.89. The lowest BCUT2D eigenvalue weighted by atomic mass is 10.0. The van der Waals surface area contributed by atoms with E-state index in [1.54, 1.807) is 29.6 Å². The van der Waals surface area contributed by atoms with Gasteiger partial charge in [-0.05, 0) is 43.0 Å². The van der Waals surface area contributed by atoms with Gasteiger partial charge in [0.05, 0.1) is 17.0 Å². The minimum atomic E-state index is -3.52. The number of aryl methyl sites for hydroxylation is 1. The SMILES string of the molecule is CO[C@@H]1CCN(S(=O)(=O)c2cccc(C)c2)[C@H]1Cc1ccccc1. The first-order chi connectivity index (χ1) is 11.5. The Balaban J connectivity index is 1.93. The summed E-state index contributed by atoms with van der Waals surface area (Å²) in [5, 5.41) is 0. The van der Waals surface area contributed by atoms with Gasteiger partial charge in [-0.25, -0.2) is 8.42 Å². The van der Waals surface area contributed by atoms with Crippen LogP contribution in [0.2, 0.25) is 0 Å². The fourth-order valence-electron chi connectivity index (χ4n) is 3.37. The lowest BCUT2D eigenvalue weighted by molar-refractivity contribution is 0.0810. The minimum absolute atomic E-state index is 0.0789. The summed E-state index contributed by atoms with van der Waals surface area (Å²) in [6.07, 6.45) is 1.30. The summed E-state index contributed by atoms with van der Waals surface area (Å²) in [5.74, 6) is 0. The molecule has 0 radical (unpaired) electrons. The predicted octanol–water partition coefficient (Wildman–Crippen LogP) is 3.02. The van der Waals surface area contributed by atoms with Crippen LogP contribution in [0.25, 0.3) is 0 Å². The van der Waals surface area contributed by atoms with E-state index in [0.29, 0.717) is 17.9 Å². The van der Waals surface area contributed by atoms with Gasteiger partial charge in [-0.3, -0.25) is 0 Å². The lowest BCUT2D eigenvalue weighted by Gasteiger charge is -2.27. The Morgan fingerprint density at radius 2 is 1.88 bits per heavy atom. The average molecular weight is 345 g/mol. The highest BCUT2D eigenvalue weighted by Crippen LogP contribution is 2.30. The van der Waals surface area contributed by atoms with Gasteiger partial charge in [0.2, 0.25) is 10.0 Å². The van der Waals surface area contributed by atoms with E-state index in [9.17, 15) is 8.42 Å². The molecule has 0 aromatic heterocycles. The van der Waals surface area contributed by atoms with Crippen LogP contribution in [0.3, 0.4) is 0 Å². The molecule has 128 valence electrons. The number of rotatable bonds is 5. The molecular formula is C19H23NO3S. The maximum atomic E-state index is 13.1. The van der Waals surface area contributed by atoms with Crippen molar-refractivity contribution < 1.29 is 13.2 Å². The Kier molecular flexibility index (Phi) is 5.04. The predicted molar refractivity (Wildman–Crippen MR) is 94.4 cm³/mol. The molecule has 1 aliphatic rings. The average Bonchev–Trinajstić information content (AvgIpc) is 2.99. The zero-order valence-electron chi connectivity index (χ0n) is 14.1. The van der Waals surface area contributed by atoms with Gasteiger partial charge in [-0.2, -0.15) is 4.31 Å². The van der Waals surface area contributed by atoms with Crippen molar-refractivity contribution in [1.82, 2.24) is 4.31 Å². The Morgan fingerprint density at radius 1 is 1.12 bits per heavy atom. The number of hydrogen-bond acceptors (Lipinski definition) is 3. The Hall–Kier alpha value is -1.69. The van der Waals surface area contributed by atoms with Crippen LogP contribution in [0, 0.1) is 6.92 Å². The van der Waals surface area contributed by atoms with Crippen LogP contribution in [-0.4, -0.2) is 38.5 Å². The van der Waals surface area contributed by atoms with E-state index < -0.39 is 10.0 Å². The molecule has 0 saturated carbocycles. The largest absolute Gasteiger partial charge is 0.380 e. The Morgan fingerprint density at radius 3 is 2.54 bits per heavy atom. The van der Waals surface area contributed by atoms with Crippen LogP contribution in [0.5, 0.6) is 0 Å². The number of benzene rings is 2. The Labute approximate surface area is 144 Å². The smallest absolute Gasteiger partial charge is 0.243 e. The van der Waals surface area contributed by atoms with Crippen molar-refractivity contribution in [2.24, 2.45) is 0 Å². The van der Waals surface area contributed by atoms with E-state index in [4.69, 9.17) is 4.74 Å². The normalized spacial score (nSPS) is 21.9. The van der Waals surface area contributed by atoms with Crippen LogP contribution in [0.15, 0.2) is 59.5 Å². The van der Waals surface area contributed by atoms with Gasteiger partial charge in [0.25, 0.3) is 0 Å². The highest BCUT2D eigenvalue weighted by Gasteiger charge is 2.41. The lowest BCUT2D eigenvalue weighted by Crippen LogP contribution is -2.41. The van der Waals surface area contributed by atoms with Gasteiger partial charge < -0.3 is 4.74 Å². The molecule has 3 rings (SSSR count). The molecule has 0 aliphatic carbocycles. The van der Waals surface area contributed by atoms with Crippen molar-refractivity contribution in [1.29, 1.82) is 0 Å². The van der Waals surface area contributed by atoms with Crippen LogP contribution < -0.4 is 0 Å². The minimum Gasteiger partial charge on any atom is -0.380 e. The van der Waals surface area contributed by atoms with E-state index in [1.165, 1.54) is 0 Å². The molecule has 2 aromatic rings. The molecule has 1 fully saturated rings. The third-order valence-corrected chi connectivity index (χ3v) is 6.54. The van der Waals surface area contributed by atoms with Crippen molar-refractivity contribution in [3.63, 3.8) is 0 Å². The fourth-order valence-corrected chi connectivity index (χ4v) is 5.14. The number of methoxy groups -OCH3 is 1. The van der Waals surface area contributed by atoms with E-state index in [0.717, 1.165) is 17.5 Å². The zero-order chi connectivity index (χ0) is 17.2. The maximum absolute atomic E-state index is 13.1. The number of hydrogen-bond donors (Lipinski definition) is 0. The third-order valence-electron chi connectivity index (χ3n) is 4.62. The molecule has 1 saturated heterocycles. The second-order valence-corrected chi connectivity index (χ2v) is 8.14. The van der Waals surface area contributed by atoms with Crippen molar-refractivity contribution >= 4 is 10.0 Å². The number of sulfonamides is 1. The fraction of sp³-hybridized carbons (Fsp3) is 0.368. The van der Waals surface area contributed by atoms with Gasteiger partial charge in [0.15, 0.2) is 0 Å². The van der Waals surface area contributed by atoms with E-state index in [1.807, 2.05) is 43.3 Å². The molecule has 1 aliphatic heterocycles. The second kappa shape index (κ2) is 7.05. The van der Waals surface area contributed by atoms with E-state index >= 15 is 0 Å². The first-order valence-electron chi connectivity index (χ1n) is 8.17. The molecule has 4 nitrogen and oxygen atoms in total. The summed E-state index contributed by atoms with van der Waals surface area (Å²) < 4.78 is 33.4. The van der Waals surface area contributed by atoms with Crippen molar-refractivity contribution in [2.75, 3.05) is 13.7 Å². The summed E-state index contributed by atoms with van der Waals surface area (Å²) in [7, 11) is -1.86. The highest BCUT2D eigenvalue weighted by atomic mass is 32.2. The third kappa shape index (κ3) is 3.38. The molecule has 0 unspecified atom stereocenters. The standard InChI is InChI=1S/C19H23NO3S/c1-15-7-6-10-17(13-15)24(21,22)20-12-11-19(23-2)18(20)14-16-8-4-3-5-9-16/h3-10,13,18-19H,11-12,14H2,1-2H3/t18-,19+/m0/s1. The monoisotopic (exact) mass is 345 g/mol. The molecule has 0 amide bonds. The molecule has 0 spiro atoms. The first kappa shape index (κ1) is 17.1. The summed E-state index contributed by atoms with van der Waals surface area (Å²) in [6.45, 7) is 2.40. The summed E-state index contributed by atoms with van der Waals surface area (Å²) in [5.41, 5.74) is 2.06. The van der Waals surface area contributed by atoms with Crippen LogP contribution >= 0.6 is 0 Å². The van der Waals surface area contributed by atoms with Gasteiger partial charge in [-0.15, -0.1) is 0 Å². The number of nitrogens with zero attached hydrogens (tertiary/aromatic N) is 1. The van der Waals surface area contributed by atoms with Gasteiger partial charge >= 0.3 is 0 Å².